The van der Waals surface area contributed by atoms with E-state index in [2.05, 4.69) is 54.5 Å². The van der Waals surface area contributed by atoms with E-state index in [1.165, 1.54) is 5.57 Å². The van der Waals surface area contributed by atoms with Crippen molar-refractivity contribution >= 4 is 0 Å². The van der Waals surface area contributed by atoms with Gasteiger partial charge in [-0.1, -0.05) is 60.1 Å². The molecule has 2 unspecified atom stereocenters. The Hall–Kier alpha value is -0.420. The fourth-order valence-corrected chi connectivity index (χ4v) is 10.9. The maximum Gasteiger partial charge on any atom is 0.0642 e. The quantitative estimate of drug-likeness (QED) is 0.406. The fraction of sp³-hybridized carbons (Fsp3) is 0.933. The Morgan fingerprint density at radius 3 is 2.21 bits per heavy atom. The lowest BCUT2D eigenvalue weighted by Crippen LogP contribution is -2.70. The van der Waals surface area contributed by atoms with Crippen LogP contribution in [0.4, 0.5) is 0 Å². The molecule has 0 radical (unpaired) electrons. The van der Waals surface area contributed by atoms with Crippen molar-refractivity contribution in [1.82, 2.24) is 0 Å². The van der Waals surface area contributed by atoms with Crippen LogP contribution in [-0.2, 0) is 0 Å². The molecule has 4 fully saturated rings. The third-order valence-electron chi connectivity index (χ3n) is 13.6. The summed E-state index contributed by atoms with van der Waals surface area (Å²) in [6.45, 7) is 16.3. The van der Waals surface area contributed by atoms with Gasteiger partial charge in [-0.05, 0) is 78.9 Å². The lowest BCUT2D eigenvalue weighted by atomic mass is 9.32. The molecule has 0 saturated heterocycles. The molecule has 0 amide bonds. The smallest absolute Gasteiger partial charge is 0.0642 e. The number of rotatable bonds is 1. The van der Waals surface area contributed by atoms with Gasteiger partial charge >= 0.3 is 0 Å². The molecule has 5 aliphatic carbocycles. The molecule has 0 aromatic heterocycles. The van der Waals surface area contributed by atoms with E-state index in [1.807, 2.05) is 0 Å². The van der Waals surface area contributed by atoms with Crippen molar-refractivity contribution in [2.45, 2.75) is 112 Å². The van der Waals surface area contributed by atoms with Crippen molar-refractivity contribution in [1.29, 1.82) is 0 Å². The molecule has 194 valence electrons. The van der Waals surface area contributed by atoms with Gasteiger partial charge in [0.25, 0.3) is 0 Å². The van der Waals surface area contributed by atoms with Crippen LogP contribution in [0, 0.1) is 56.7 Å². The Kier molecular flexibility index (Phi) is 5.61. The van der Waals surface area contributed by atoms with E-state index in [9.17, 15) is 20.4 Å². The second-order valence-electron chi connectivity index (χ2n) is 14.7. The molecule has 4 saturated carbocycles. The van der Waals surface area contributed by atoms with Crippen molar-refractivity contribution in [3.63, 3.8) is 0 Å². The minimum Gasteiger partial charge on any atom is -0.396 e. The van der Waals surface area contributed by atoms with E-state index in [0.29, 0.717) is 30.6 Å². The number of allylic oxidation sites excluding steroid dienone is 1. The first-order valence-corrected chi connectivity index (χ1v) is 14.1. The van der Waals surface area contributed by atoms with Crippen molar-refractivity contribution in [3.8, 4) is 0 Å². The molecule has 5 aliphatic rings. The van der Waals surface area contributed by atoms with E-state index in [0.717, 1.165) is 32.1 Å². The van der Waals surface area contributed by atoms with Crippen LogP contribution in [0.2, 0.25) is 0 Å². The highest BCUT2D eigenvalue weighted by atomic mass is 16.3. The van der Waals surface area contributed by atoms with Crippen molar-refractivity contribution < 1.29 is 20.4 Å². The van der Waals surface area contributed by atoms with Gasteiger partial charge in [0.15, 0.2) is 0 Å². The van der Waals surface area contributed by atoms with E-state index in [1.54, 1.807) is 0 Å². The zero-order chi connectivity index (χ0) is 25.1. The first kappa shape index (κ1) is 25.2. The highest BCUT2D eigenvalue weighted by molar-refractivity contribution is 5.36. The van der Waals surface area contributed by atoms with Crippen molar-refractivity contribution in [2.75, 3.05) is 6.61 Å². The van der Waals surface area contributed by atoms with Crippen LogP contribution in [0.3, 0.4) is 0 Å². The van der Waals surface area contributed by atoms with Gasteiger partial charge in [-0.15, -0.1) is 0 Å². The normalized spacial score (nSPS) is 58.6. The molecule has 0 heterocycles. The van der Waals surface area contributed by atoms with Gasteiger partial charge in [0.05, 0.1) is 18.3 Å². The van der Waals surface area contributed by atoms with Crippen LogP contribution < -0.4 is 0 Å². The van der Waals surface area contributed by atoms with E-state index >= 15 is 0 Å². The molecule has 0 spiro atoms. The summed E-state index contributed by atoms with van der Waals surface area (Å²) in [6.07, 6.45) is 7.08. The molecule has 4 heteroatoms. The summed E-state index contributed by atoms with van der Waals surface area (Å²) < 4.78 is 0. The van der Waals surface area contributed by atoms with Gasteiger partial charge in [-0.25, -0.2) is 0 Å². The highest BCUT2D eigenvalue weighted by Gasteiger charge is 2.72. The monoisotopic (exact) mass is 474 g/mol. The fourth-order valence-electron chi connectivity index (χ4n) is 10.9. The molecule has 0 aromatic carbocycles. The minimum absolute atomic E-state index is 0.136. The summed E-state index contributed by atoms with van der Waals surface area (Å²) in [5.74, 6) is 1.92. The van der Waals surface area contributed by atoms with Gasteiger partial charge in [0, 0.05) is 29.3 Å². The van der Waals surface area contributed by atoms with Crippen LogP contribution in [0.25, 0.3) is 0 Å². The SMILES string of the molecule is C[C@H]1[C@H](C)CC[C@]2(CO)C[C@H](O)[C@]3(C)C(=CCC4[C@]5(C)C(CC[C@]43C)C(C)(C)[C@@H](O)C[C@H]5O)[C@H]12. The first-order chi connectivity index (χ1) is 15.7. The van der Waals surface area contributed by atoms with E-state index in [4.69, 9.17) is 0 Å². The number of aliphatic hydroxyl groups excluding tert-OH is 4. The molecule has 0 bridgehead atoms. The van der Waals surface area contributed by atoms with Gasteiger partial charge < -0.3 is 20.4 Å². The molecule has 0 aromatic rings. The molecule has 0 aliphatic heterocycles. The second kappa shape index (κ2) is 7.55. The Morgan fingerprint density at radius 1 is 0.882 bits per heavy atom. The predicted molar refractivity (Wildman–Crippen MR) is 135 cm³/mol. The molecule has 5 rings (SSSR count). The summed E-state index contributed by atoms with van der Waals surface area (Å²) >= 11 is 0. The van der Waals surface area contributed by atoms with Crippen molar-refractivity contribution in [2.24, 2.45) is 56.7 Å². The zero-order valence-corrected chi connectivity index (χ0v) is 22.6. The second-order valence-corrected chi connectivity index (χ2v) is 14.7. The van der Waals surface area contributed by atoms with Crippen LogP contribution in [0.1, 0.15) is 93.4 Å². The van der Waals surface area contributed by atoms with Gasteiger partial charge in [-0.3, -0.25) is 0 Å². The summed E-state index contributed by atoms with van der Waals surface area (Å²) in [7, 11) is 0. The molecule has 12 atom stereocenters. The third-order valence-corrected chi connectivity index (χ3v) is 13.6. The zero-order valence-electron chi connectivity index (χ0n) is 22.6. The maximum absolute atomic E-state index is 12.0. The molecule has 4 N–H and O–H groups in total. The lowest BCUT2D eigenvalue weighted by Gasteiger charge is -2.73. The number of fused-ring (bicyclic) bond motifs is 7. The van der Waals surface area contributed by atoms with E-state index in [-0.39, 0.29) is 45.5 Å². The number of hydrogen-bond acceptors (Lipinski definition) is 4. The Bertz CT molecular complexity index is 866. The molecular formula is C30H50O4. The molecule has 4 nitrogen and oxygen atoms in total. The average molecular weight is 475 g/mol. The van der Waals surface area contributed by atoms with Crippen LogP contribution >= 0.6 is 0 Å². The van der Waals surface area contributed by atoms with Gasteiger partial charge in [-0.2, -0.15) is 0 Å². The van der Waals surface area contributed by atoms with Crippen LogP contribution in [-0.4, -0.2) is 45.3 Å². The highest BCUT2D eigenvalue weighted by Crippen LogP contribution is 2.75. The van der Waals surface area contributed by atoms with Gasteiger partial charge in [0.2, 0.25) is 0 Å². The minimum atomic E-state index is -0.533. The summed E-state index contributed by atoms with van der Waals surface area (Å²) in [4.78, 5) is 0. The third kappa shape index (κ3) is 2.75. The number of hydrogen-bond donors (Lipinski definition) is 4. The summed E-state index contributed by atoms with van der Waals surface area (Å²) in [6, 6.07) is 0. The van der Waals surface area contributed by atoms with Gasteiger partial charge in [0.1, 0.15) is 0 Å². The molecular weight excluding hydrogens is 424 g/mol. The Labute approximate surface area is 207 Å². The lowest BCUT2D eigenvalue weighted by molar-refractivity contribution is -0.257. The largest absolute Gasteiger partial charge is 0.396 e. The van der Waals surface area contributed by atoms with Crippen molar-refractivity contribution in [3.05, 3.63) is 11.6 Å². The average Bonchev–Trinajstić information content (AvgIpc) is 2.77. The summed E-state index contributed by atoms with van der Waals surface area (Å²) in [5, 5.41) is 45.1. The van der Waals surface area contributed by atoms with Crippen LogP contribution in [0.15, 0.2) is 11.6 Å². The first-order valence-electron chi connectivity index (χ1n) is 14.1. The Morgan fingerprint density at radius 2 is 1.56 bits per heavy atom. The number of aliphatic hydroxyl groups is 4. The topological polar surface area (TPSA) is 80.9 Å². The maximum atomic E-state index is 12.0. The Balaban J connectivity index is 1.65. The predicted octanol–water partition coefficient (Wildman–Crippen LogP) is 4.94. The van der Waals surface area contributed by atoms with Crippen LogP contribution in [0.5, 0.6) is 0 Å². The standard InChI is InChI=1S/C30H50O4/c1-17-10-13-30(16-31)15-24(34)29(7)19(25(30)18(17)2)8-9-21-27(29,5)12-11-20-26(3,4)22(32)14-23(33)28(20,21)6/h8,17-18,20-25,31-34H,9-16H2,1-7H3/t17-,18+,20?,21?,22+,23-,24+,25+,27-,28+,29+,30-/m1/s1. The van der Waals surface area contributed by atoms with E-state index < -0.39 is 18.3 Å². The molecule has 34 heavy (non-hydrogen) atoms. The summed E-state index contributed by atoms with van der Waals surface area (Å²) in [5.41, 5.74) is 0.172.